The van der Waals surface area contributed by atoms with Crippen molar-refractivity contribution in [2.24, 2.45) is 5.92 Å². The third kappa shape index (κ3) is 6.04. The molecule has 0 atom stereocenters. The van der Waals surface area contributed by atoms with Crippen molar-refractivity contribution in [2.45, 2.75) is 57.3 Å². The molecule has 2 rings (SSSR count). The Kier molecular flexibility index (Phi) is 7.56. The number of thioether (sulfide) groups is 1. The molecule has 1 saturated heterocycles. The molecule has 1 N–H and O–H groups in total. The van der Waals surface area contributed by atoms with Gasteiger partial charge in [-0.25, -0.2) is 0 Å². The number of hydrogen-bond donors (Lipinski definition) is 1. The number of benzene rings is 1. The Morgan fingerprint density at radius 2 is 1.77 bits per heavy atom. The zero-order valence-corrected chi connectivity index (χ0v) is 17.3. The van der Waals surface area contributed by atoms with Crippen molar-refractivity contribution in [2.75, 3.05) is 25.4 Å². The molecule has 144 valence electrons. The van der Waals surface area contributed by atoms with Crippen LogP contribution in [0.25, 0.3) is 0 Å². The highest BCUT2D eigenvalue weighted by atomic mass is 32.2. The molecule has 1 heterocycles. The SMILES string of the molecule is CCCNC(=O)C1CCN(C(=O)CSc2ccc(C(C)(C)C)cc2)CC1. The van der Waals surface area contributed by atoms with Gasteiger partial charge in [0.1, 0.15) is 0 Å². The molecule has 1 aromatic carbocycles. The van der Waals surface area contributed by atoms with E-state index in [1.54, 1.807) is 11.8 Å². The third-order valence-corrected chi connectivity index (χ3v) is 5.85. The number of carbonyl (C=O) groups is 2. The number of carbonyl (C=O) groups excluding carboxylic acids is 2. The minimum absolute atomic E-state index is 0.0585. The van der Waals surface area contributed by atoms with Gasteiger partial charge in [-0.1, -0.05) is 39.8 Å². The smallest absolute Gasteiger partial charge is 0.232 e. The lowest BCUT2D eigenvalue weighted by Crippen LogP contribution is -2.43. The van der Waals surface area contributed by atoms with Gasteiger partial charge in [0, 0.05) is 30.4 Å². The molecule has 2 amide bonds. The molecule has 0 spiro atoms. The highest BCUT2D eigenvalue weighted by Gasteiger charge is 2.27. The van der Waals surface area contributed by atoms with Crippen molar-refractivity contribution in [1.82, 2.24) is 10.2 Å². The monoisotopic (exact) mass is 376 g/mol. The van der Waals surface area contributed by atoms with Crippen LogP contribution in [0.3, 0.4) is 0 Å². The van der Waals surface area contributed by atoms with Crippen LogP contribution in [-0.4, -0.2) is 42.1 Å². The lowest BCUT2D eigenvalue weighted by Gasteiger charge is -2.31. The van der Waals surface area contributed by atoms with E-state index in [1.165, 1.54) is 5.56 Å². The van der Waals surface area contributed by atoms with Gasteiger partial charge in [0.15, 0.2) is 0 Å². The second-order valence-electron chi connectivity index (χ2n) is 8.01. The Morgan fingerprint density at radius 3 is 2.31 bits per heavy atom. The molecule has 1 aromatic rings. The highest BCUT2D eigenvalue weighted by Crippen LogP contribution is 2.26. The van der Waals surface area contributed by atoms with E-state index in [9.17, 15) is 9.59 Å². The molecule has 0 aromatic heterocycles. The van der Waals surface area contributed by atoms with E-state index >= 15 is 0 Å². The van der Waals surface area contributed by atoms with E-state index in [1.807, 2.05) is 4.90 Å². The molecular formula is C21H32N2O2S. The molecule has 4 nitrogen and oxygen atoms in total. The summed E-state index contributed by atoms with van der Waals surface area (Å²) in [5, 5.41) is 2.96. The van der Waals surface area contributed by atoms with Crippen LogP contribution in [0.4, 0.5) is 0 Å². The van der Waals surface area contributed by atoms with Gasteiger partial charge in [0.05, 0.1) is 5.75 Å². The van der Waals surface area contributed by atoms with Crippen LogP contribution < -0.4 is 5.32 Å². The van der Waals surface area contributed by atoms with E-state index in [0.717, 1.165) is 30.7 Å². The largest absolute Gasteiger partial charge is 0.356 e. The molecule has 0 saturated carbocycles. The fraction of sp³-hybridized carbons (Fsp3) is 0.619. The summed E-state index contributed by atoms with van der Waals surface area (Å²) in [6.07, 6.45) is 2.50. The molecule has 1 fully saturated rings. The summed E-state index contributed by atoms with van der Waals surface area (Å²) in [4.78, 5) is 27.5. The molecule has 0 radical (unpaired) electrons. The molecule has 0 unspecified atom stereocenters. The Labute approximate surface area is 162 Å². The fourth-order valence-corrected chi connectivity index (χ4v) is 3.87. The predicted molar refractivity (Wildman–Crippen MR) is 108 cm³/mol. The van der Waals surface area contributed by atoms with Gasteiger partial charge in [0.2, 0.25) is 11.8 Å². The number of likely N-dealkylation sites (tertiary alicyclic amines) is 1. The highest BCUT2D eigenvalue weighted by molar-refractivity contribution is 8.00. The minimum Gasteiger partial charge on any atom is -0.356 e. The zero-order chi connectivity index (χ0) is 19.2. The van der Waals surface area contributed by atoms with Gasteiger partial charge in [-0.15, -0.1) is 11.8 Å². The van der Waals surface area contributed by atoms with E-state index in [4.69, 9.17) is 0 Å². The Balaban J connectivity index is 1.76. The summed E-state index contributed by atoms with van der Waals surface area (Å²) < 4.78 is 0. The van der Waals surface area contributed by atoms with E-state index < -0.39 is 0 Å². The van der Waals surface area contributed by atoms with Crippen LogP contribution in [-0.2, 0) is 15.0 Å². The first-order valence-electron chi connectivity index (χ1n) is 9.60. The Hall–Kier alpha value is -1.49. The molecule has 0 aliphatic carbocycles. The second kappa shape index (κ2) is 9.45. The normalized spacial score (nSPS) is 15.8. The van der Waals surface area contributed by atoms with Gasteiger partial charge < -0.3 is 10.2 Å². The molecule has 1 aliphatic heterocycles. The van der Waals surface area contributed by atoms with E-state index in [0.29, 0.717) is 18.8 Å². The molecular weight excluding hydrogens is 344 g/mol. The lowest BCUT2D eigenvalue weighted by molar-refractivity contribution is -0.133. The number of piperidine rings is 1. The summed E-state index contributed by atoms with van der Waals surface area (Å²) in [7, 11) is 0. The summed E-state index contributed by atoms with van der Waals surface area (Å²) in [6.45, 7) is 10.8. The zero-order valence-electron chi connectivity index (χ0n) is 16.5. The predicted octanol–water partition coefficient (Wildman–Crippen LogP) is 3.84. The van der Waals surface area contributed by atoms with Crippen LogP contribution in [0.5, 0.6) is 0 Å². The number of nitrogens with zero attached hydrogens (tertiary/aromatic N) is 1. The first kappa shape index (κ1) is 20.8. The lowest BCUT2D eigenvalue weighted by atomic mass is 9.87. The fourth-order valence-electron chi connectivity index (χ4n) is 3.07. The van der Waals surface area contributed by atoms with Gasteiger partial charge in [-0.2, -0.15) is 0 Å². The first-order valence-corrected chi connectivity index (χ1v) is 10.6. The minimum atomic E-state index is 0.0585. The van der Waals surface area contributed by atoms with Crippen molar-refractivity contribution >= 4 is 23.6 Å². The average molecular weight is 377 g/mol. The molecule has 5 heteroatoms. The van der Waals surface area contributed by atoms with Gasteiger partial charge in [0.25, 0.3) is 0 Å². The Bertz CT molecular complexity index is 599. The topological polar surface area (TPSA) is 49.4 Å². The van der Waals surface area contributed by atoms with Gasteiger partial charge in [-0.05, 0) is 42.4 Å². The van der Waals surface area contributed by atoms with E-state index in [2.05, 4.69) is 57.3 Å². The van der Waals surface area contributed by atoms with Crippen LogP contribution in [0, 0.1) is 5.92 Å². The third-order valence-electron chi connectivity index (χ3n) is 4.85. The van der Waals surface area contributed by atoms with Crippen molar-refractivity contribution in [3.63, 3.8) is 0 Å². The summed E-state index contributed by atoms with van der Waals surface area (Å²) >= 11 is 1.59. The first-order chi connectivity index (χ1) is 12.3. The average Bonchev–Trinajstić information content (AvgIpc) is 2.64. The van der Waals surface area contributed by atoms with Crippen LogP contribution in [0.15, 0.2) is 29.2 Å². The van der Waals surface area contributed by atoms with Gasteiger partial charge in [-0.3, -0.25) is 9.59 Å². The van der Waals surface area contributed by atoms with Crippen molar-refractivity contribution in [1.29, 1.82) is 0 Å². The maximum atomic E-state index is 12.5. The van der Waals surface area contributed by atoms with E-state index in [-0.39, 0.29) is 23.1 Å². The number of nitrogens with one attached hydrogen (secondary N) is 1. The maximum Gasteiger partial charge on any atom is 0.232 e. The van der Waals surface area contributed by atoms with Crippen LogP contribution in [0.1, 0.15) is 52.5 Å². The summed E-state index contributed by atoms with van der Waals surface area (Å²) in [5.74, 6) is 0.833. The van der Waals surface area contributed by atoms with Crippen molar-refractivity contribution < 1.29 is 9.59 Å². The van der Waals surface area contributed by atoms with Crippen molar-refractivity contribution in [3.05, 3.63) is 29.8 Å². The number of rotatable bonds is 6. The number of amides is 2. The Morgan fingerprint density at radius 1 is 1.15 bits per heavy atom. The maximum absolute atomic E-state index is 12.5. The molecule has 0 bridgehead atoms. The van der Waals surface area contributed by atoms with Crippen LogP contribution in [0.2, 0.25) is 0 Å². The quantitative estimate of drug-likeness (QED) is 0.768. The standard InChI is InChI=1S/C21H32N2O2S/c1-5-12-22-20(25)16-10-13-23(14-11-16)19(24)15-26-18-8-6-17(7-9-18)21(2,3)4/h6-9,16H,5,10-15H2,1-4H3,(H,22,25). The number of hydrogen-bond acceptors (Lipinski definition) is 3. The summed E-state index contributed by atoms with van der Waals surface area (Å²) in [5.41, 5.74) is 1.45. The molecule has 1 aliphatic rings. The molecule has 26 heavy (non-hydrogen) atoms. The van der Waals surface area contributed by atoms with Gasteiger partial charge >= 0.3 is 0 Å². The summed E-state index contributed by atoms with van der Waals surface area (Å²) in [6, 6.07) is 8.49. The second-order valence-corrected chi connectivity index (χ2v) is 9.06. The van der Waals surface area contributed by atoms with Crippen molar-refractivity contribution in [3.8, 4) is 0 Å². The van der Waals surface area contributed by atoms with Crippen LogP contribution >= 0.6 is 11.8 Å².